The molecule has 0 saturated carbocycles. The molecule has 26 heavy (non-hydrogen) atoms. The van der Waals surface area contributed by atoms with E-state index in [1.54, 1.807) is 23.5 Å². The van der Waals surface area contributed by atoms with Gasteiger partial charge in [0.25, 0.3) is 0 Å². The van der Waals surface area contributed by atoms with Crippen LogP contribution in [-0.4, -0.2) is 29.0 Å². The van der Waals surface area contributed by atoms with Crippen LogP contribution < -0.4 is 5.73 Å². The highest BCUT2D eigenvalue weighted by atomic mass is 35.5. The van der Waals surface area contributed by atoms with Crippen molar-refractivity contribution in [2.24, 2.45) is 5.73 Å². The Hall–Kier alpha value is -1.79. The minimum absolute atomic E-state index is 0. The maximum absolute atomic E-state index is 13.1. The van der Waals surface area contributed by atoms with Crippen molar-refractivity contribution in [2.45, 2.75) is 18.5 Å². The summed E-state index contributed by atoms with van der Waals surface area (Å²) in [5.74, 6) is 0.148. The van der Waals surface area contributed by atoms with E-state index < -0.39 is 0 Å². The average Bonchev–Trinajstić information content (AvgIpc) is 3.23. The zero-order valence-corrected chi connectivity index (χ0v) is 15.8. The Morgan fingerprint density at radius 2 is 1.81 bits per heavy atom. The van der Waals surface area contributed by atoms with Gasteiger partial charge in [-0.25, -0.2) is 9.37 Å². The Labute approximate surface area is 163 Å². The number of aromatic nitrogens is 1. The third-order valence-corrected chi connectivity index (χ3v) is 5.64. The average molecular weight is 390 g/mol. The molecule has 0 radical (unpaired) electrons. The molecule has 0 amide bonds. The standard InChI is InChI=1S/C20H20FN3S.ClH/c21-16-8-6-15(7-9-16)20-23-17(13-25-20)10-24-11-18(19(22)12-24)14-4-2-1-3-5-14;/h1-9,13,18-19H,10-12,22H2;1H/t18-,19+;/m0./s1. The first-order valence-electron chi connectivity index (χ1n) is 8.42. The van der Waals surface area contributed by atoms with Crippen LogP contribution in [0.15, 0.2) is 60.0 Å². The Morgan fingerprint density at radius 1 is 1.08 bits per heavy atom. The molecule has 2 N–H and O–H groups in total. The molecule has 3 aromatic rings. The number of hydrogen-bond donors (Lipinski definition) is 1. The zero-order chi connectivity index (χ0) is 17.2. The van der Waals surface area contributed by atoms with E-state index in [1.165, 1.54) is 17.7 Å². The molecule has 0 spiro atoms. The summed E-state index contributed by atoms with van der Waals surface area (Å²) in [6.07, 6.45) is 0. The van der Waals surface area contributed by atoms with E-state index in [9.17, 15) is 4.39 Å². The number of rotatable bonds is 4. The van der Waals surface area contributed by atoms with Crippen molar-refractivity contribution in [3.63, 3.8) is 0 Å². The predicted molar refractivity (Wildman–Crippen MR) is 107 cm³/mol. The Balaban J connectivity index is 0.00000196. The van der Waals surface area contributed by atoms with E-state index in [0.717, 1.165) is 35.9 Å². The molecule has 1 aromatic heterocycles. The van der Waals surface area contributed by atoms with Crippen LogP contribution in [-0.2, 0) is 6.54 Å². The number of likely N-dealkylation sites (tertiary alicyclic amines) is 1. The van der Waals surface area contributed by atoms with Crippen LogP contribution in [0, 0.1) is 5.82 Å². The van der Waals surface area contributed by atoms with Crippen molar-refractivity contribution < 1.29 is 4.39 Å². The first kappa shape index (κ1) is 19.0. The molecule has 2 atom stereocenters. The molecule has 2 aromatic carbocycles. The molecule has 0 unspecified atom stereocenters. The van der Waals surface area contributed by atoms with Gasteiger partial charge in [-0.15, -0.1) is 23.7 Å². The van der Waals surface area contributed by atoms with E-state index in [-0.39, 0.29) is 24.3 Å². The van der Waals surface area contributed by atoms with Crippen LogP contribution in [0.25, 0.3) is 10.6 Å². The van der Waals surface area contributed by atoms with Crippen molar-refractivity contribution in [2.75, 3.05) is 13.1 Å². The minimum atomic E-state index is -0.224. The van der Waals surface area contributed by atoms with Gasteiger partial charge < -0.3 is 5.73 Å². The first-order valence-corrected chi connectivity index (χ1v) is 9.30. The number of nitrogens with zero attached hydrogens (tertiary/aromatic N) is 2. The topological polar surface area (TPSA) is 42.1 Å². The Kier molecular flexibility index (Phi) is 6.04. The van der Waals surface area contributed by atoms with Gasteiger partial charge in [0.2, 0.25) is 0 Å². The highest BCUT2D eigenvalue weighted by Gasteiger charge is 2.31. The second-order valence-corrected chi connectivity index (χ2v) is 7.38. The number of halogens is 2. The summed E-state index contributed by atoms with van der Waals surface area (Å²) in [6, 6.07) is 17.1. The van der Waals surface area contributed by atoms with Crippen LogP contribution in [0.1, 0.15) is 17.2 Å². The summed E-state index contributed by atoms with van der Waals surface area (Å²) in [5.41, 5.74) is 9.68. The van der Waals surface area contributed by atoms with Crippen LogP contribution in [0.3, 0.4) is 0 Å². The lowest BCUT2D eigenvalue weighted by Crippen LogP contribution is -2.28. The highest BCUT2D eigenvalue weighted by Crippen LogP contribution is 2.29. The first-order chi connectivity index (χ1) is 12.2. The third-order valence-electron chi connectivity index (χ3n) is 4.70. The molecular formula is C20H21ClFN3S. The summed E-state index contributed by atoms with van der Waals surface area (Å²) in [4.78, 5) is 7.08. The van der Waals surface area contributed by atoms with E-state index in [4.69, 9.17) is 10.7 Å². The minimum Gasteiger partial charge on any atom is -0.326 e. The van der Waals surface area contributed by atoms with Crippen LogP contribution in [0.4, 0.5) is 4.39 Å². The van der Waals surface area contributed by atoms with Gasteiger partial charge in [0.15, 0.2) is 0 Å². The summed E-state index contributed by atoms with van der Waals surface area (Å²) in [5, 5.41) is 3.01. The van der Waals surface area contributed by atoms with Gasteiger partial charge in [0, 0.05) is 42.5 Å². The van der Waals surface area contributed by atoms with E-state index in [1.807, 2.05) is 6.07 Å². The van der Waals surface area contributed by atoms with Crippen molar-refractivity contribution in [3.05, 3.63) is 77.1 Å². The van der Waals surface area contributed by atoms with Gasteiger partial charge in [0.1, 0.15) is 10.8 Å². The lowest BCUT2D eigenvalue weighted by Gasteiger charge is -2.15. The molecule has 0 aliphatic carbocycles. The largest absolute Gasteiger partial charge is 0.326 e. The molecule has 1 saturated heterocycles. The van der Waals surface area contributed by atoms with Gasteiger partial charge in [-0.2, -0.15) is 0 Å². The molecule has 0 bridgehead atoms. The van der Waals surface area contributed by atoms with Crippen molar-refractivity contribution in [3.8, 4) is 10.6 Å². The normalized spacial score (nSPS) is 20.1. The fourth-order valence-corrected chi connectivity index (χ4v) is 4.25. The number of benzene rings is 2. The summed E-state index contributed by atoms with van der Waals surface area (Å²) in [7, 11) is 0. The van der Waals surface area contributed by atoms with Crippen molar-refractivity contribution in [1.29, 1.82) is 0 Å². The molecule has 1 aliphatic heterocycles. The SMILES string of the molecule is Cl.N[C@@H]1CN(Cc2csc(-c3ccc(F)cc3)n2)C[C@H]1c1ccccc1. The van der Waals surface area contributed by atoms with E-state index in [2.05, 4.69) is 34.5 Å². The predicted octanol–water partition coefficient (Wildman–Crippen LogP) is 4.30. The fraction of sp³-hybridized carbons (Fsp3) is 0.250. The molecule has 2 heterocycles. The molecular weight excluding hydrogens is 369 g/mol. The second-order valence-electron chi connectivity index (χ2n) is 6.53. The van der Waals surface area contributed by atoms with Crippen molar-refractivity contribution >= 4 is 23.7 Å². The summed E-state index contributed by atoms with van der Waals surface area (Å²) >= 11 is 1.60. The van der Waals surface area contributed by atoms with Gasteiger partial charge >= 0.3 is 0 Å². The van der Waals surface area contributed by atoms with E-state index >= 15 is 0 Å². The van der Waals surface area contributed by atoms with Crippen LogP contribution in [0.2, 0.25) is 0 Å². The molecule has 3 nitrogen and oxygen atoms in total. The Morgan fingerprint density at radius 3 is 2.54 bits per heavy atom. The molecule has 6 heteroatoms. The quantitative estimate of drug-likeness (QED) is 0.723. The molecule has 1 fully saturated rings. The highest BCUT2D eigenvalue weighted by molar-refractivity contribution is 7.13. The van der Waals surface area contributed by atoms with Gasteiger partial charge in [-0.05, 0) is 29.8 Å². The Bertz CT molecular complexity index is 838. The monoisotopic (exact) mass is 389 g/mol. The maximum Gasteiger partial charge on any atom is 0.123 e. The molecule has 136 valence electrons. The van der Waals surface area contributed by atoms with E-state index in [0.29, 0.717) is 5.92 Å². The van der Waals surface area contributed by atoms with Crippen LogP contribution >= 0.6 is 23.7 Å². The summed E-state index contributed by atoms with van der Waals surface area (Å²) < 4.78 is 13.1. The fourth-order valence-electron chi connectivity index (χ4n) is 3.43. The van der Waals surface area contributed by atoms with Gasteiger partial charge in [-0.1, -0.05) is 30.3 Å². The van der Waals surface area contributed by atoms with Gasteiger partial charge in [0.05, 0.1) is 5.69 Å². The number of hydrogen-bond acceptors (Lipinski definition) is 4. The zero-order valence-electron chi connectivity index (χ0n) is 14.2. The molecule has 1 aliphatic rings. The second kappa shape index (κ2) is 8.27. The summed E-state index contributed by atoms with van der Waals surface area (Å²) in [6.45, 7) is 2.63. The number of nitrogens with two attached hydrogens (primary N) is 1. The van der Waals surface area contributed by atoms with Crippen molar-refractivity contribution in [1.82, 2.24) is 9.88 Å². The smallest absolute Gasteiger partial charge is 0.123 e. The third kappa shape index (κ3) is 4.13. The lowest BCUT2D eigenvalue weighted by atomic mass is 9.95. The van der Waals surface area contributed by atoms with Crippen LogP contribution in [0.5, 0.6) is 0 Å². The lowest BCUT2D eigenvalue weighted by molar-refractivity contribution is 0.320. The maximum atomic E-state index is 13.1. The number of thiazole rings is 1. The van der Waals surface area contributed by atoms with Gasteiger partial charge in [-0.3, -0.25) is 4.90 Å². The molecule has 4 rings (SSSR count).